The van der Waals surface area contributed by atoms with E-state index in [1.807, 2.05) is 6.07 Å². The number of hydrogen-bond acceptors (Lipinski definition) is 4. The summed E-state index contributed by atoms with van der Waals surface area (Å²) in [4.78, 5) is 3.93. The molecule has 4 nitrogen and oxygen atoms in total. The number of anilines is 1. The third kappa shape index (κ3) is 3.02. The van der Waals surface area contributed by atoms with Crippen LogP contribution >= 0.6 is 34.8 Å². The number of benzene rings is 1. The lowest BCUT2D eigenvalue weighted by Gasteiger charge is -2.09. The van der Waals surface area contributed by atoms with Gasteiger partial charge in [-0.25, -0.2) is 4.98 Å². The Balaban J connectivity index is 2.42. The summed E-state index contributed by atoms with van der Waals surface area (Å²) in [5.41, 5.74) is 6.10. The van der Waals surface area contributed by atoms with E-state index in [9.17, 15) is 0 Å². The molecular weight excluding hydrogens is 309 g/mol. The van der Waals surface area contributed by atoms with Crippen molar-refractivity contribution in [2.24, 2.45) is 0 Å². The molecule has 0 fully saturated rings. The van der Waals surface area contributed by atoms with Crippen LogP contribution in [-0.4, -0.2) is 4.98 Å². The molecule has 0 aliphatic rings. The average molecular weight is 315 g/mol. The first-order valence-electron chi connectivity index (χ1n) is 4.99. The number of nitrogens with two attached hydrogens (primary N) is 1. The second kappa shape index (κ2) is 5.54. The third-order valence-electron chi connectivity index (χ3n) is 2.17. The SMILES string of the molecule is N#Cc1cc(N)cnc1Oc1cc(Cl)c(Cl)cc1Cl. The number of pyridine rings is 1. The van der Waals surface area contributed by atoms with E-state index in [2.05, 4.69) is 4.98 Å². The maximum absolute atomic E-state index is 8.98. The molecule has 0 unspecified atom stereocenters. The summed E-state index contributed by atoms with van der Waals surface area (Å²) in [6, 6.07) is 6.28. The molecule has 2 N–H and O–H groups in total. The predicted molar refractivity (Wildman–Crippen MR) is 74.9 cm³/mol. The zero-order chi connectivity index (χ0) is 14.0. The van der Waals surface area contributed by atoms with Gasteiger partial charge in [-0.15, -0.1) is 0 Å². The highest BCUT2D eigenvalue weighted by atomic mass is 35.5. The van der Waals surface area contributed by atoms with Gasteiger partial charge in [0.1, 0.15) is 17.4 Å². The van der Waals surface area contributed by atoms with Gasteiger partial charge in [-0.05, 0) is 12.1 Å². The molecule has 0 saturated heterocycles. The Morgan fingerprint density at radius 3 is 2.47 bits per heavy atom. The zero-order valence-corrected chi connectivity index (χ0v) is 11.6. The molecule has 0 bridgehead atoms. The highest BCUT2D eigenvalue weighted by Gasteiger charge is 2.12. The van der Waals surface area contributed by atoms with Crippen molar-refractivity contribution in [2.45, 2.75) is 0 Å². The van der Waals surface area contributed by atoms with E-state index in [1.165, 1.54) is 24.4 Å². The van der Waals surface area contributed by atoms with Gasteiger partial charge in [0.05, 0.1) is 27.0 Å². The summed E-state index contributed by atoms with van der Waals surface area (Å²) in [6.45, 7) is 0. The Kier molecular flexibility index (Phi) is 4.01. The second-order valence-corrected chi connectivity index (χ2v) is 4.75. The van der Waals surface area contributed by atoms with E-state index in [0.29, 0.717) is 10.7 Å². The summed E-state index contributed by atoms with van der Waals surface area (Å²) < 4.78 is 5.46. The predicted octanol–water partition coefficient (Wildman–Crippen LogP) is 4.29. The Labute approximate surface area is 124 Å². The highest BCUT2D eigenvalue weighted by Crippen LogP contribution is 2.36. The molecule has 0 aliphatic heterocycles. The van der Waals surface area contributed by atoms with Gasteiger partial charge in [0.25, 0.3) is 0 Å². The van der Waals surface area contributed by atoms with E-state index >= 15 is 0 Å². The van der Waals surface area contributed by atoms with Gasteiger partial charge >= 0.3 is 0 Å². The lowest BCUT2D eigenvalue weighted by molar-refractivity contribution is 0.462. The molecule has 0 aliphatic carbocycles. The number of ether oxygens (including phenoxy) is 1. The maximum Gasteiger partial charge on any atom is 0.237 e. The fourth-order valence-corrected chi connectivity index (χ4v) is 1.89. The summed E-state index contributed by atoms with van der Waals surface area (Å²) in [7, 11) is 0. The molecule has 1 aromatic heterocycles. The summed E-state index contributed by atoms with van der Waals surface area (Å²) in [6.07, 6.45) is 1.38. The maximum atomic E-state index is 8.98. The van der Waals surface area contributed by atoms with Crippen molar-refractivity contribution >= 4 is 40.5 Å². The van der Waals surface area contributed by atoms with E-state index < -0.39 is 0 Å². The number of rotatable bonds is 2. The molecule has 2 rings (SSSR count). The van der Waals surface area contributed by atoms with E-state index in [0.717, 1.165) is 0 Å². The van der Waals surface area contributed by atoms with Crippen LogP contribution in [-0.2, 0) is 0 Å². The summed E-state index contributed by atoms with van der Waals surface area (Å²) >= 11 is 17.7. The topological polar surface area (TPSA) is 71.9 Å². The lowest BCUT2D eigenvalue weighted by atomic mass is 10.2. The zero-order valence-electron chi connectivity index (χ0n) is 9.32. The van der Waals surface area contributed by atoms with E-state index in [4.69, 9.17) is 50.5 Å². The molecule has 0 spiro atoms. The van der Waals surface area contributed by atoms with Crippen molar-refractivity contribution in [2.75, 3.05) is 5.73 Å². The van der Waals surface area contributed by atoms with Crippen LogP contribution in [0.1, 0.15) is 5.56 Å². The van der Waals surface area contributed by atoms with Crippen LogP contribution in [0.4, 0.5) is 5.69 Å². The summed E-state index contributed by atoms with van der Waals surface area (Å²) in [5, 5.41) is 9.84. The van der Waals surface area contributed by atoms with Crippen LogP contribution in [0, 0.1) is 11.3 Å². The number of nitrogens with zero attached hydrogens (tertiary/aromatic N) is 2. The first-order valence-corrected chi connectivity index (χ1v) is 6.12. The van der Waals surface area contributed by atoms with Gasteiger partial charge in [0, 0.05) is 6.07 Å². The molecule has 0 atom stereocenters. The monoisotopic (exact) mass is 313 g/mol. The van der Waals surface area contributed by atoms with E-state index in [-0.39, 0.29) is 27.2 Å². The van der Waals surface area contributed by atoms with Crippen LogP contribution in [0.15, 0.2) is 24.4 Å². The van der Waals surface area contributed by atoms with Crippen LogP contribution in [0.2, 0.25) is 15.1 Å². The quantitative estimate of drug-likeness (QED) is 0.839. The molecule has 1 aromatic carbocycles. The van der Waals surface area contributed by atoms with Crippen molar-refractivity contribution in [1.82, 2.24) is 4.98 Å². The lowest BCUT2D eigenvalue weighted by Crippen LogP contribution is -1.95. The fourth-order valence-electron chi connectivity index (χ4n) is 1.32. The smallest absolute Gasteiger partial charge is 0.237 e. The van der Waals surface area contributed by atoms with Crippen molar-refractivity contribution in [1.29, 1.82) is 5.26 Å². The van der Waals surface area contributed by atoms with Crippen LogP contribution < -0.4 is 10.5 Å². The standard InChI is InChI=1S/C12H6Cl3N3O/c13-8-2-10(15)11(3-9(8)14)19-12-6(4-16)1-7(17)5-18-12/h1-3,5H,17H2. The molecule has 2 aromatic rings. The molecule has 19 heavy (non-hydrogen) atoms. The van der Waals surface area contributed by atoms with Gasteiger partial charge in [-0.1, -0.05) is 34.8 Å². The Morgan fingerprint density at radius 2 is 1.79 bits per heavy atom. The minimum Gasteiger partial charge on any atom is -0.436 e. The van der Waals surface area contributed by atoms with Crippen LogP contribution in [0.5, 0.6) is 11.6 Å². The number of nitriles is 1. The van der Waals surface area contributed by atoms with Crippen molar-refractivity contribution in [3.63, 3.8) is 0 Å². The number of halogens is 3. The first kappa shape index (κ1) is 13.8. The Morgan fingerprint density at radius 1 is 1.11 bits per heavy atom. The van der Waals surface area contributed by atoms with Gasteiger partial charge in [-0.3, -0.25) is 0 Å². The molecular formula is C12H6Cl3N3O. The largest absolute Gasteiger partial charge is 0.436 e. The van der Waals surface area contributed by atoms with Crippen molar-refractivity contribution in [3.8, 4) is 17.7 Å². The van der Waals surface area contributed by atoms with Gasteiger partial charge < -0.3 is 10.5 Å². The first-order chi connectivity index (χ1) is 9.01. The molecule has 7 heteroatoms. The second-order valence-electron chi connectivity index (χ2n) is 3.53. The molecule has 0 saturated carbocycles. The molecule has 1 heterocycles. The highest BCUT2D eigenvalue weighted by molar-refractivity contribution is 6.43. The fraction of sp³-hybridized carbons (Fsp3) is 0. The number of hydrogen-bond donors (Lipinski definition) is 1. The average Bonchev–Trinajstić information content (AvgIpc) is 2.37. The van der Waals surface area contributed by atoms with Crippen molar-refractivity contribution in [3.05, 3.63) is 45.0 Å². The Hall–Kier alpha value is -1.67. The number of nitrogen functional groups attached to an aromatic ring is 1. The van der Waals surface area contributed by atoms with Gasteiger partial charge in [0.2, 0.25) is 5.88 Å². The van der Waals surface area contributed by atoms with Crippen molar-refractivity contribution < 1.29 is 4.74 Å². The van der Waals surface area contributed by atoms with Crippen LogP contribution in [0.25, 0.3) is 0 Å². The number of aromatic nitrogens is 1. The van der Waals surface area contributed by atoms with Gasteiger partial charge in [-0.2, -0.15) is 5.26 Å². The Bertz CT molecular complexity index is 683. The molecule has 0 radical (unpaired) electrons. The minimum absolute atomic E-state index is 0.0944. The summed E-state index contributed by atoms with van der Waals surface area (Å²) in [5.74, 6) is 0.349. The normalized spacial score (nSPS) is 10.0. The molecule has 0 amide bonds. The van der Waals surface area contributed by atoms with Gasteiger partial charge in [0.15, 0.2) is 0 Å². The third-order valence-corrected chi connectivity index (χ3v) is 3.19. The minimum atomic E-state index is 0.0944. The van der Waals surface area contributed by atoms with E-state index in [1.54, 1.807) is 0 Å². The molecule has 96 valence electrons. The van der Waals surface area contributed by atoms with Crippen LogP contribution in [0.3, 0.4) is 0 Å².